The predicted molar refractivity (Wildman–Crippen MR) is 51.0 cm³/mol. The van der Waals surface area contributed by atoms with Gasteiger partial charge in [-0.15, -0.1) is 0 Å². The van der Waals surface area contributed by atoms with E-state index in [1.165, 1.54) is 0 Å². The molecule has 1 aromatic heterocycles. The van der Waals surface area contributed by atoms with Crippen LogP contribution in [0, 0.1) is 6.92 Å². The van der Waals surface area contributed by atoms with Crippen molar-refractivity contribution in [1.29, 1.82) is 0 Å². The maximum absolute atomic E-state index is 5.96. The Morgan fingerprint density at radius 1 is 1.25 bits per heavy atom. The quantitative estimate of drug-likeness (QED) is 0.626. The fourth-order valence-corrected chi connectivity index (χ4v) is 1.86. The Morgan fingerprint density at radius 2 is 2.00 bits per heavy atom. The van der Waals surface area contributed by atoms with Crippen molar-refractivity contribution in [3.8, 4) is 0 Å². The molecule has 12 heavy (non-hydrogen) atoms. The van der Waals surface area contributed by atoms with Crippen molar-refractivity contribution >= 4 is 34.2 Å². The summed E-state index contributed by atoms with van der Waals surface area (Å²) in [5.41, 5.74) is 1.77. The summed E-state index contributed by atoms with van der Waals surface area (Å²) in [4.78, 5) is 0. The number of hydrogen-bond donors (Lipinski definition) is 0. The zero-order valence-electron chi connectivity index (χ0n) is 6.40. The lowest BCUT2D eigenvalue weighted by molar-refractivity contribution is 0.613. The van der Waals surface area contributed by atoms with Gasteiger partial charge < -0.3 is 4.42 Å². The number of benzene rings is 1. The van der Waals surface area contributed by atoms with Crippen molar-refractivity contribution in [3.63, 3.8) is 0 Å². The minimum Gasteiger partial charge on any atom is -0.464 e. The van der Waals surface area contributed by atoms with E-state index in [2.05, 4.69) is 0 Å². The first-order valence-corrected chi connectivity index (χ1v) is 4.27. The van der Waals surface area contributed by atoms with Gasteiger partial charge in [-0.2, -0.15) is 0 Å². The Kier molecular flexibility index (Phi) is 1.78. The summed E-state index contributed by atoms with van der Waals surface area (Å²) >= 11 is 11.8. The minimum absolute atomic E-state index is 0.599. The third-order valence-electron chi connectivity index (χ3n) is 1.78. The first kappa shape index (κ1) is 7.96. The molecule has 0 aliphatic heterocycles. The molecule has 2 aromatic rings. The van der Waals surface area contributed by atoms with Gasteiger partial charge in [-0.3, -0.25) is 0 Å². The molecule has 0 N–H and O–H groups in total. The average molecular weight is 201 g/mol. The molecule has 0 unspecified atom stereocenters. The van der Waals surface area contributed by atoms with Gasteiger partial charge in [0.25, 0.3) is 0 Å². The van der Waals surface area contributed by atoms with Gasteiger partial charge in [0, 0.05) is 16.5 Å². The number of furan rings is 1. The van der Waals surface area contributed by atoms with Crippen molar-refractivity contribution in [2.45, 2.75) is 6.92 Å². The molecule has 0 aliphatic carbocycles. The highest BCUT2D eigenvalue weighted by Gasteiger charge is 2.06. The second-order valence-electron chi connectivity index (χ2n) is 2.68. The van der Waals surface area contributed by atoms with E-state index in [-0.39, 0.29) is 0 Å². The summed E-state index contributed by atoms with van der Waals surface area (Å²) in [6.45, 7) is 1.95. The molecule has 1 nitrogen and oxygen atoms in total. The van der Waals surface area contributed by atoms with Crippen molar-refractivity contribution < 1.29 is 4.42 Å². The molecule has 0 bridgehead atoms. The Balaban J connectivity index is 2.93. The number of rotatable bonds is 0. The maximum Gasteiger partial charge on any atom is 0.137 e. The molecule has 2 rings (SSSR count). The van der Waals surface area contributed by atoms with Crippen molar-refractivity contribution in [3.05, 3.63) is 34.0 Å². The molecule has 0 spiro atoms. The van der Waals surface area contributed by atoms with Gasteiger partial charge >= 0.3 is 0 Å². The van der Waals surface area contributed by atoms with E-state index in [9.17, 15) is 0 Å². The van der Waals surface area contributed by atoms with E-state index in [4.69, 9.17) is 27.6 Å². The van der Waals surface area contributed by atoms with E-state index in [0.29, 0.717) is 10.0 Å². The SMILES string of the molecule is Cc1coc2cc(Cl)cc(Cl)c12. The zero-order valence-corrected chi connectivity index (χ0v) is 7.91. The molecule has 0 aliphatic rings. The van der Waals surface area contributed by atoms with Gasteiger partial charge in [0.2, 0.25) is 0 Å². The number of aryl methyl sites for hydroxylation is 1. The summed E-state index contributed by atoms with van der Waals surface area (Å²) in [5.74, 6) is 0. The predicted octanol–water partition coefficient (Wildman–Crippen LogP) is 4.05. The smallest absolute Gasteiger partial charge is 0.137 e. The van der Waals surface area contributed by atoms with Crippen LogP contribution in [0.3, 0.4) is 0 Å². The van der Waals surface area contributed by atoms with Crippen LogP contribution in [-0.2, 0) is 0 Å². The Bertz CT molecular complexity index is 431. The van der Waals surface area contributed by atoms with Crippen LogP contribution in [-0.4, -0.2) is 0 Å². The molecular weight excluding hydrogens is 195 g/mol. The Morgan fingerprint density at radius 3 is 2.75 bits per heavy atom. The van der Waals surface area contributed by atoms with Gasteiger partial charge in [0.05, 0.1) is 11.3 Å². The fraction of sp³-hybridized carbons (Fsp3) is 0.111. The molecule has 62 valence electrons. The van der Waals surface area contributed by atoms with Crippen LogP contribution in [0.15, 0.2) is 22.8 Å². The topological polar surface area (TPSA) is 13.1 Å². The molecule has 0 saturated heterocycles. The van der Waals surface area contributed by atoms with Crippen LogP contribution >= 0.6 is 23.2 Å². The van der Waals surface area contributed by atoms with Crippen LogP contribution < -0.4 is 0 Å². The molecular formula is C9H6Cl2O. The molecule has 0 radical (unpaired) electrons. The van der Waals surface area contributed by atoms with E-state index in [1.54, 1.807) is 18.4 Å². The summed E-state index contributed by atoms with van der Waals surface area (Å²) in [6.07, 6.45) is 1.67. The Hall–Kier alpha value is -0.660. The second kappa shape index (κ2) is 2.68. The summed E-state index contributed by atoms with van der Waals surface area (Å²) in [5, 5.41) is 2.19. The third kappa shape index (κ3) is 1.10. The van der Waals surface area contributed by atoms with Crippen LogP contribution in [0.25, 0.3) is 11.0 Å². The highest BCUT2D eigenvalue weighted by atomic mass is 35.5. The van der Waals surface area contributed by atoms with Gasteiger partial charge in [-0.25, -0.2) is 0 Å². The lowest BCUT2D eigenvalue weighted by Gasteiger charge is -1.94. The van der Waals surface area contributed by atoms with Crippen LogP contribution in [0.1, 0.15) is 5.56 Å². The van der Waals surface area contributed by atoms with E-state index >= 15 is 0 Å². The molecule has 3 heteroatoms. The van der Waals surface area contributed by atoms with Crippen molar-refractivity contribution in [2.24, 2.45) is 0 Å². The second-order valence-corrected chi connectivity index (χ2v) is 3.52. The minimum atomic E-state index is 0.599. The molecule has 0 amide bonds. The number of fused-ring (bicyclic) bond motifs is 1. The number of halogens is 2. The summed E-state index contributed by atoms with van der Waals surface area (Å²) in [6, 6.07) is 3.48. The molecule has 0 saturated carbocycles. The van der Waals surface area contributed by atoms with Crippen LogP contribution in [0.4, 0.5) is 0 Å². The highest BCUT2D eigenvalue weighted by Crippen LogP contribution is 2.31. The van der Waals surface area contributed by atoms with E-state index in [0.717, 1.165) is 16.5 Å². The standard InChI is InChI=1S/C9H6Cl2O/c1-5-4-12-8-3-6(10)2-7(11)9(5)8/h2-4H,1H3. The van der Waals surface area contributed by atoms with Crippen LogP contribution in [0.5, 0.6) is 0 Å². The van der Waals surface area contributed by atoms with E-state index < -0.39 is 0 Å². The zero-order chi connectivity index (χ0) is 8.72. The largest absolute Gasteiger partial charge is 0.464 e. The average Bonchev–Trinajstić information content (AvgIpc) is 2.31. The van der Waals surface area contributed by atoms with Gasteiger partial charge in [0.1, 0.15) is 5.58 Å². The van der Waals surface area contributed by atoms with E-state index in [1.807, 2.05) is 6.92 Å². The molecule has 0 atom stereocenters. The van der Waals surface area contributed by atoms with Gasteiger partial charge in [-0.05, 0) is 18.6 Å². The third-order valence-corrected chi connectivity index (χ3v) is 2.29. The number of hydrogen-bond acceptors (Lipinski definition) is 1. The fourth-order valence-electron chi connectivity index (χ4n) is 1.24. The first-order valence-electron chi connectivity index (χ1n) is 3.51. The lowest BCUT2D eigenvalue weighted by Crippen LogP contribution is -1.71. The highest BCUT2D eigenvalue weighted by molar-refractivity contribution is 6.38. The van der Waals surface area contributed by atoms with Crippen molar-refractivity contribution in [1.82, 2.24) is 0 Å². The maximum atomic E-state index is 5.96. The normalized spacial score (nSPS) is 10.9. The van der Waals surface area contributed by atoms with Crippen LogP contribution in [0.2, 0.25) is 10.0 Å². The monoisotopic (exact) mass is 200 g/mol. The molecule has 1 aromatic carbocycles. The molecule has 0 fully saturated rings. The summed E-state index contributed by atoms with van der Waals surface area (Å²) in [7, 11) is 0. The van der Waals surface area contributed by atoms with Crippen molar-refractivity contribution in [2.75, 3.05) is 0 Å². The Labute approximate surface area is 79.9 Å². The van der Waals surface area contributed by atoms with Gasteiger partial charge in [0.15, 0.2) is 0 Å². The summed E-state index contributed by atoms with van der Waals surface area (Å²) < 4.78 is 5.24. The lowest BCUT2D eigenvalue weighted by atomic mass is 10.2. The first-order chi connectivity index (χ1) is 5.68. The van der Waals surface area contributed by atoms with Gasteiger partial charge in [-0.1, -0.05) is 23.2 Å². The molecule has 1 heterocycles.